The molecule has 5 heteroatoms. The lowest BCUT2D eigenvalue weighted by Gasteiger charge is -2.27. The lowest BCUT2D eigenvalue weighted by Crippen LogP contribution is -2.40. The van der Waals surface area contributed by atoms with Crippen LogP contribution in [-0.2, 0) is 9.84 Å². The molecule has 1 N–H and O–H groups in total. The molecule has 1 fully saturated rings. The summed E-state index contributed by atoms with van der Waals surface area (Å²) in [7, 11) is -2.84. The van der Waals surface area contributed by atoms with E-state index >= 15 is 0 Å². The van der Waals surface area contributed by atoms with Crippen molar-refractivity contribution in [3.8, 4) is 0 Å². The van der Waals surface area contributed by atoms with Crippen LogP contribution >= 0.6 is 0 Å². The Balaban J connectivity index is 2.43. The topological polar surface area (TPSA) is 49.4 Å². The third-order valence-corrected chi connectivity index (χ3v) is 5.10. The van der Waals surface area contributed by atoms with Gasteiger partial charge in [0.15, 0.2) is 9.84 Å². The van der Waals surface area contributed by atoms with Crippen molar-refractivity contribution < 1.29 is 8.42 Å². The number of hydrogen-bond acceptors (Lipinski definition) is 4. The van der Waals surface area contributed by atoms with Crippen LogP contribution in [0.3, 0.4) is 0 Å². The summed E-state index contributed by atoms with van der Waals surface area (Å²) in [6.07, 6.45) is 2.96. The van der Waals surface area contributed by atoms with Crippen LogP contribution in [0.2, 0.25) is 0 Å². The van der Waals surface area contributed by atoms with E-state index < -0.39 is 9.84 Å². The van der Waals surface area contributed by atoms with Gasteiger partial charge in [-0.05, 0) is 32.4 Å². The molecule has 1 atom stereocenters. The number of sulfone groups is 1. The van der Waals surface area contributed by atoms with E-state index in [1.165, 1.54) is 0 Å². The van der Waals surface area contributed by atoms with Crippen molar-refractivity contribution in [3.05, 3.63) is 0 Å². The molecule has 1 rings (SSSR count). The minimum Gasteiger partial charge on any atom is -0.315 e. The molecule has 102 valence electrons. The molecule has 4 nitrogen and oxygen atoms in total. The summed E-state index contributed by atoms with van der Waals surface area (Å²) in [4.78, 5) is 2.34. The molecule has 0 aromatic rings. The van der Waals surface area contributed by atoms with Crippen molar-refractivity contribution in [2.45, 2.75) is 39.2 Å². The summed E-state index contributed by atoms with van der Waals surface area (Å²) in [5.41, 5.74) is 0. The van der Waals surface area contributed by atoms with Gasteiger partial charge >= 0.3 is 0 Å². The van der Waals surface area contributed by atoms with Gasteiger partial charge in [-0.15, -0.1) is 0 Å². The number of nitrogens with zero attached hydrogens (tertiary/aromatic N) is 1. The highest BCUT2D eigenvalue weighted by Gasteiger charge is 2.22. The van der Waals surface area contributed by atoms with Crippen molar-refractivity contribution in [2.75, 3.05) is 37.7 Å². The smallest absolute Gasteiger partial charge is 0.151 e. The fourth-order valence-corrected chi connectivity index (χ4v) is 3.72. The second kappa shape index (κ2) is 7.34. The van der Waals surface area contributed by atoms with Crippen LogP contribution < -0.4 is 5.32 Å². The number of nitrogens with one attached hydrogen (secondary N) is 1. The standard InChI is InChI=1S/C12H26N2O2S/c1-3-7-14(12-5-6-13-11-12)8-10-17(15,16)9-4-2/h12-13H,3-11H2,1-2H3. The van der Waals surface area contributed by atoms with Gasteiger partial charge in [-0.25, -0.2) is 8.42 Å². The maximum absolute atomic E-state index is 11.7. The first kappa shape index (κ1) is 14.9. The van der Waals surface area contributed by atoms with Gasteiger partial charge in [0.1, 0.15) is 0 Å². The molecule has 0 spiro atoms. The molecule has 0 bridgehead atoms. The van der Waals surface area contributed by atoms with Crippen LogP contribution in [0.15, 0.2) is 0 Å². The van der Waals surface area contributed by atoms with Gasteiger partial charge in [-0.3, -0.25) is 4.90 Å². The molecule has 0 amide bonds. The van der Waals surface area contributed by atoms with E-state index in [9.17, 15) is 8.42 Å². The lowest BCUT2D eigenvalue weighted by molar-refractivity contribution is 0.220. The SMILES string of the molecule is CCCN(CCS(=O)(=O)CCC)C1CCNC1. The first-order chi connectivity index (χ1) is 8.09. The molecular formula is C12H26N2O2S. The summed E-state index contributed by atoms with van der Waals surface area (Å²) in [5.74, 6) is 0.646. The van der Waals surface area contributed by atoms with E-state index in [0.29, 0.717) is 24.1 Å². The zero-order chi connectivity index (χ0) is 12.7. The monoisotopic (exact) mass is 262 g/mol. The Bertz CT molecular complexity index is 298. The predicted octanol–water partition coefficient (Wildman–Crippen LogP) is 0.885. The van der Waals surface area contributed by atoms with E-state index in [1.54, 1.807) is 0 Å². The molecule has 0 aliphatic carbocycles. The Hall–Kier alpha value is -0.130. The quantitative estimate of drug-likeness (QED) is 0.706. The zero-order valence-electron chi connectivity index (χ0n) is 11.1. The summed E-state index contributed by atoms with van der Waals surface area (Å²) in [6, 6.07) is 0.534. The molecule has 0 aromatic carbocycles. The zero-order valence-corrected chi connectivity index (χ0v) is 11.9. The Morgan fingerprint density at radius 3 is 2.47 bits per heavy atom. The van der Waals surface area contributed by atoms with Crippen molar-refractivity contribution in [1.82, 2.24) is 10.2 Å². The van der Waals surface area contributed by atoms with Crippen molar-refractivity contribution >= 4 is 9.84 Å². The second-order valence-electron chi connectivity index (χ2n) is 4.83. The van der Waals surface area contributed by atoms with Crippen molar-refractivity contribution in [1.29, 1.82) is 0 Å². The van der Waals surface area contributed by atoms with Gasteiger partial charge in [-0.2, -0.15) is 0 Å². The van der Waals surface area contributed by atoms with E-state index in [-0.39, 0.29) is 0 Å². The van der Waals surface area contributed by atoms with Gasteiger partial charge in [-0.1, -0.05) is 13.8 Å². The van der Waals surface area contributed by atoms with Crippen molar-refractivity contribution in [2.24, 2.45) is 0 Å². The summed E-state index contributed by atoms with van der Waals surface area (Å²) in [5, 5.41) is 3.34. The average molecular weight is 262 g/mol. The third-order valence-electron chi connectivity index (χ3n) is 3.27. The number of hydrogen-bond donors (Lipinski definition) is 1. The van der Waals surface area contributed by atoms with E-state index in [4.69, 9.17) is 0 Å². The Morgan fingerprint density at radius 2 is 1.94 bits per heavy atom. The molecule has 0 saturated carbocycles. The van der Waals surface area contributed by atoms with Crippen LogP contribution in [0.1, 0.15) is 33.1 Å². The fourth-order valence-electron chi connectivity index (χ4n) is 2.38. The molecular weight excluding hydrogens is 236 g/mol. The Morgan fingerprint density at radius 1 is 1.18 bits per heavy atom. The Labute approximate surface area is 106 Å². The lowest BCUT2D eigenvalue weighted by atomic mass is 10.2. The molecule has 1 heterocycles. The van der Waals surface area contributed by atoms with Gasteiger partial charge in [0.2, 0.25) is 0 Å². The van der Waals surface area contributed by atoms with Crippen molar-refractivity contribution in [3.63, 3.8) is 0 Å². The molecule has 1 saturated heterocycles. The fraction of sp³-hybridized carbons (Fsp3) is 1.00. The van der Waals surface area contributed by atoms with Gasteiger partial charge in [0.25, 0.3) is 0 Å². The minimum absolute atomic E-state index is 0.317. The molecule has 1 unspecified atom stereocenters. The normalized spacial score (nSPS) is 21.2. The van der Waals surface area contributed by atoms with E-state index in [1.807, 2.05) is 6.92 Å². The van der Waals surface area contributed by atoms with Crippen LogP contribution in [-0.4, -0.2) is 57.0 Å². The Kier molecular flexibility index (Phi) is 6.44. The molecule has 1 aliphatic rings. The second-order valence-corrected chi connectivity index (χ2v) is 7.14. The third kappa shape index (κ3) is 5.36. The van der Waals surface area contributed by atoms with Crippen LogP contribution in [0.4, 0.5) is 0 Å². The van der Waals surface area contributed by atoms with Gasteiger partial charge in [0.05, 0.1) is 5.75 Å². The number of rotatable bonds is 8. The summed E-state index contributed by atoms with van der Waals surface area (Å²) in [6.45, 7) is 7.84. The maximum Gasteiger partial charge on any atom is 0.151 e. The predicted molar refractivity (Wildman–Crippen MR) is 72.1 cm³/mol. The van der Waals surface area contributed by atoms with Crippen LogP contribution in [0, 0.1) is 0 Å². The highest BCUT2D eigenvalue weighted by Crippen LogP contribution is 2.09. The molecule has 1 aliphatic heterocycles. The minimum atomic E-state index is -2.84. The average Bonchev–Trinajstić information content (AvgIpc) is 2.77. The largest absolute Gasteiger partial charge is 0.315 e. The summed E-state index contributed by atoms with van der Waals surface area (Å²) >= 11 is 0. The van der Waals surface area contributed by atoms with Crippen LogP contribution in [0.5, 0.6) is 0 Å². The molecule has 17 heavy (non-hydrogen) atoms. The maximum atomic E-state index is 11.7. The first-order valence-corrected chi connectivity index (χ1v) is 8.56. The van der Waals surface area contributed by atoms with E-state index in [2.05, 4.69) is 17.1 Å². The van der Waals surface area contributed by atoms with Crippen LogP contribution in [0.25, 0.3) is 0 Å². The van der Waals surface area contributed by atoms with Gasteiger partial charge < -0.3 is 5.32 Å². The molecule has 0 aromatic heterocycles. The highest BCUT2D eigenvalue weighted by molar-refractivity contribution is 7.91. The highest BCUT2D eigenvalue weighted by atomic mass is 32.2. The van der Waals surface area contributed by atoms with Gasteiger partial charge in [0, 0.05) is 24.9 Å². The summed E-state index contributed by atoms with van der Waals surface area (Å²) < 4.78 is 23.4. The first-order valence-electron chi connectivity index (χ1n) is 6.74. The van der Waals surface area contributed by atoms with E-state index in [0.717, 1.165) is 38.9 Å². The molecule has 0 radical (unpaired) electrons.